The Balaban J connectivity index is 1.65. The lowest BCUT2D eigenvalue weighted by Gasteiger charge is -2.07. The van der Waals surface area contributed by atoms with E-state index in [0.717, 1.165) is 5.56 Å². The van der Waals surface area contributed by atoms with Crippen LogP contribution < -0.4 is 10.1 Å². The van der Waals surface area contributed by atoms with Crippen LogP contribution in [0.25, 0.3) is 6.08 Å². The molecular formula is C24H17FN2O4. The van der Waals surface area contributed by atoms with Crippen LogP contribution >= 0.6 is 0 Å². The van der Waals surface area contributed by atoms with E-state index in [2.05, 4.69) is 5.32 Å². The van der Waals surface area contributed by atoms with Crippen LogP contribution in [0.15, 0.2) is 78.4 Å². The van der Waals surface area contributed by atoms with Gasteiger partial charge in [-0.25, -0.2) is 9.18 Å². The monoisotopic (exact) mass is 416 g/mol. The molecule has 0 aromatic heterocycles. The smallest absolute Gasteiger partial charge is 0.335 e. The molecular weight excluding hydrogens is 399 g/mol. The predicted molar refractivity (Wildman–Crippen MR) is 113 cm³/mol. The van der Waals surface area contributed by atoms with Gasteiger partial charge in [0.05, 0.1) is 5.56 Å². The van der Waals surface area contributed by atoms with Gasteiger partial charge in [-0.05, 0) is 59.7 Å². The van der Waals surface area contributed by atoms with Crippen LogP contribution in [-0.2, 0) is 11.4 Å². The maximum absolute atomic E-state index is 12.9. The second kappa shape index (κ2) is 9.85. The third-order valence-corrected chi connectivity index (χ3v) is 4.24. The number of rotatable bonds is 7. The number of nitrogens with zero attached hydrogens (tertiary/aromatic N) is 1. The number of aromatic carboxylic acids is 1. The fourth-order valence-corrected chi connectivity index (χ4v) is 2.65. The van der Waals surface area contributed by atoms with Crippen LogP contribution in [0, 0.1) is 17.1 Å². The number of carbonyl (C=O) groups excluding carboxylic acids is 1. The molecule has 0 aliphatic carbocycles. The molecule has 154 valence electrons. The predicted octanol–water partition coefficient (Wildman–Crippen LogP) is 4.65. The molecule has 0 aliphatic rings. The summed E-state index contributed by atoms with van der Waals surface area (Å²) >= 11 is 0. The molecule has 3 aromatic rings. The maximum atomic E-state index is 12.9. The van der Waals surface area contributed by atoms with Crippen LogP contribution in [0.4, 0.5) is 10.1 Å². The average Bonchev–Trinajstić information content (AvgIpc) is 2.78. The first-order chi connectivity index (χ1) is 14.9. The standard InChI is InChI=1S/C24H17FN2O4/c25-20-8-4-17(5-9-20)15-31-22-10-6-16(7-11-22)12-19(14-26)23(28)27-21-3-1-2-18(13-21)24(29)30/h1-13H,15H2,(H,27,28)(H,29,30). The minimum atomic E-state index is -1.12. The zero-order chi connectivity index (χ0) is 22.2. The summed E-state index contributed by atoms with van der Waals surface area (Å²) in [5.41, 5.74) is 1.59. The first kappa shape index (κ1) is 21.3. The molecule has 0 saturated heterocycles. The van der Waals surface area contributed by atoms with Crippen molar-refractivity contribution in [1.82, 2.24) is 0 Å². The fourth-order valence-electron chi connectivity index (χ4n) is 2.65. The number of carbonyl (C=O) groups is 2. The second-order valence-electron chi connectivity index (χ2n) is 6.49. The van der Waals surface area contributed by atoms with Crippen molar-refractivity contribution < 1.29 is 23.8 Å². The normalized spacial score (nSPS) is 10.8. The van der Waals surface area contributed by atoms with E-state index in [1.54, 1.807) is 36.4 Å². The molecule has 0 saturated carbocycles. The number of nitriles is 1. The number of carboxylic acid groups (broad SMARTS) is 1. The van der Waals surface area contributed by atoms with E-state index in [9.17, 15) is 19.2 Å². The number of amides is 1. The summed E-state index contributed by atoms with van der Waals surface area (Å²) in [6.07, 6.45) is 1.42. The third-order valence-electron chi connectivity index (χ3n) is 4.24. The number of carboxylic acids is 1. The van der Waals surface area contributed by atoms with Crippen molar-refractivity contribution in [3.63, 3.8) is 0 Å². The van der Waals surface area contributed by atoms with Crippen LogP contribution in [0.3, 0.4) is 0 Å². The number of benzene rings is 3. The molecule has 0 bridgehead atoms. The number of hydrogen-bond donors (Lipinski definition) is 2. The van der Waals surface area contributed by atoms with Crippen molar-refractivity contribution in [1.29, 1.82) is 5.26 Å². The molecule has 31 heavy (non-hydrogen) atoms. The molecule has 2 N–H and O–H groups in total. The summed E-state index contributed by atoms with van der Waals surface area (Å²) in [5.74, 6) is -1.50. The fraction of sp³-hybridized carbons (Fsp3) is 0.0417. The number of halogens is 1. The highest BCUT2D eigenvalue weighted by Gasteiger charge is 2.11. The van der Waals surface area contributed by atoms with E-state index in [1.807, 2.05) is 6.07 Å². The van der Waals surface area contributed by atoms with Gasteiger partial charge >= 0.3 is 5.97 Å². The Kier molecular flexibility index (Phi) is 6.76. The van der Waals surface area contributed by atoms with Gasteiger partial charge in [0, 0.05) is 5.69 Å². The number of hydrogen-bond acceptors (Lipinski definition) is 4. The summed E-state index contributed by atoms with van der Waals surface area (Å²) < 4.78 is 18.6. The van der Waals surface area contributed by atoms with Crippen molar-refractivity contribution in [3.05, 3.63) is 101 Å². The van der Waals surface area contributed by atoms with Gasteiger partial charge in [0.1, 0.15) is 29.8 Å². The quantitative estimate of drug-likeness (QED) is 0.431. The molecule has 0 unspecified atom stereocenters. The summed E-state index contributed by atoms with van der Waals surface area (Å²) in [6.45, 7) is 0.275. The lowest BCUT2D eigenvalue weighted by Crippen LogP contribution is -2.13. The highest BCUT2D eigenvalue weighted by Crippen LogP contribution is 2.17. The first-order valence-corrected chi connectivity index (χ1v) is 9.18. The van der Waals surface area contributed by atoms with E-state index >= 15 is 0 Å². The average molecular weight is 416 g/mol. The van der Waals surface area contributed by atoms with Gasteiger partial charge in [0.15, 0.2) is 0 Å². The Bertz CT molecular complexity index is 1160. The first-order valence-electron chi connectivity index (χ1n) is 9.18. The highest BCUT2D eigenvalue weighted by atomic mass is 19.1. The van der Waals surface area contributed by atoms with Crippen molar-refractivity contribution in [2.75, 3.05) is 5.32 Å². The van der Waals surface area contributed by atoms with Gasteiger partial charge in [-0.15, -0.1) is 0 Å². The largest absolute Gasteiger partial charge is 0.489 e. The Labute approximate surface area is 177 Å². The highest BCUT2D eigenvalue weighted by molar-refractivity contribution is 6.10. The van der Waals surface area contributed by atoms with Crippen LogP contribution in [0.2, 0.25) is 0 Å². The van der Waals surface area contributed by atoms with Crippen molar-refractivity contribution in [3.8, 4) is 11.8 Å². The van der Waals surface area contributed by atoms with Crippen molar-refractivity contribution >= 4 is 23.6 Å². The van der Waals surface area contributed by atoms with Gasteiger partial charge in [0.25, 0.3) is 5.91 Å². The van der Waals surface area contributed by atoms with Gasteiger partial charge < -0.3 is 15.2 Å². The molecule has 1 amide bonds. The zero-order valence-corrected chi connectivity index (χ0v) is 16.2. The molecule has 0 aliphatic heterocycles. The Morgan fingerprint density at radius 3 is 2.42 bits per heavy atom. The third kappa shape index (κ3) is 6.02. The molecule has 0 radical (unpaired) electrons. The van der Waals surface area contributed by atoms with Gasteiger partial charge in [0.2, 0.25) is 0 Å². The topological polar surface area (TPSA) is 99.4 Å². The lowest BCUT2D eigenvalue weighted by molar-refractivity contribution is -0.112. The zero-order valence-electron chi connectivity index (χ0n) is 16.2. The van der Waals surface area contributed by atoms with Crippen molar-refractivity contribution in [2.45, 2.75) is 6.61 Å². The van der Waals surface area contributed by atoms with Gasteiger partial charge in [-0.2, -0.15) is 5.26 Å². The minimum Gasteiger partial charge on any atom is -0.489 e. The Morgan fingerprint density at radius 2 is 1.77 bits per heavy atom. The Morgan fingerprint density at radius 1 is 1.06 bits per heavy atom. The van der Waals surface area contributed by atoms with Gasteiger partial charge in [-0.3, -0.25) is 4.79 Å². The number of nitrogens with one attached hydrogen (secondary N) is 1. The molecule has 3 aromatic carbocycles. The molecule has 0 atom stereocenters. The van der Waals surface area contributed by atoms with E-state index < -0.39 is 11.9 Å². The van der Waals surface area contributed by atoms with Crippen LogP contribution in [0.5, 0.6) is 5.75 Å². The summed E-state index contributed by atoms with van der Waals surface area (Å²) in [6, 6.07) is 20.3. The summed E-state index contributed by atoms with van der Waals surface area (Å²) in [7, 11) is 0. The Hall–Kier alpha value is -4.44. The number of anilines is 1. The summed E-state index contributed by atoms with van der Waals surface area (Å²) in [4.78, 5) is 23.4. The maximum Gasteiger partial charge on any atom is 0.335 e. The summed E-state index contributed by atoms with van der Waals surface area (Å²) in [5, 5.41) is 20.9. The number of ether oxygens (including phenoxy) is 1. The molecule has 0 heterocycles. The second-order valence-corrected chi connectivity index (χ2v) is 6.49. The molecule has 3 rings (SSSR count). The van der Waals surface area contributed by atoms with Crippen LogP contribution in [0.1, 0.15) is 21.5 Å². The molecule has 7 heteroatoms. The minimum absolute atomic E-state index is 0.0245. The van der Waals surface area contributed by atoms with Crippen molar-refractivity contribution in [2.24, 2.45) is 0 Å². The van der Waals surface area contributed by atoms with Crippen LogP contribution in [-0.4, -0.2) is 17.0 Å². The molecule has 0 spiro atoms. The van der Waals surface area contributed by atoms with E-state index in [-0.39, 0.29) is 29.2 Å². The van der Waals surface area contributed by atoms with E-state index in [1.165, 1.54) is 42.5 Å². The molecule has 6 nitrogen and oxygen atoms in total. The lowest BCUT2D eigenvalue weighted by atomic mass is 10.1. The SMILES string of the molecule is N#CC(=Cc1ccc(OCc2ccc(F)cc2)cc1)C(=O)Nc1cccc(C(=O)O)c1. The van der Waals surface area contributed by atoms with Gasteiger partial charge in [-0.1, -0.05) is 30.3 Å². The molecule has 0 fully saturated rings. The van der Waals surface area contributed by atoms with E-state index in [4.69, 9.17) is 9.84 Å². The van der Waals surface area contributed by atoms with E-state index in [0.29, 0.717) is 11.3 Å².